The summed E-state index contributed by atoms with van der Waals surface area (Å²) in [6.07, 6.45) is 2.57. The zero-order chi connectivity index (χ0) is 16.8. The predicted octanol–water partition coefficient (Wildman–Crippen LogP) is -0.351. The van der Waals surface area contributed by atoms with E-state index < -0.39 is 26.8 Å². The summed E-state index contributed by atoms with van der Waals surface area (Å²) in [6.45, 7) is 3.66. The standard InChI is InChI=1S/C12H22N4O5S/c1-4-6-7-13-11(18)15-22(19,20)12(10(17)21-5-2)8-14-16(3)9-12/h8H,4-7,9H2,1-3H3,(H2,13,15,18). The number of hydrogen-bond donors (Lipinski definition) is 2. The van der Waals surface area contributed by atoms with E-state index in [4.69, 9.17) is 4.74 Å². The molecule has 1 aliphatic heterocycles. The van der Waals surface area contributed by atoms with Crippen molar-refractivity contribution in [3.8, 4) is 0 Å². The van der Waals surface area contributed by atoms with Gasteiger partial charge >= 0.3 is 12.0 Å². The Kier molecular flexibility index (Phi) is 6.15. The molecule has 0 aliphatic carbocycles. The molecular weight excluding hydrogens is 312 g/mol. The van der Waals surface area contributed by atoms with Gasteiger partial charge in [0, 0.05) is 13.6 Å². The first-order chi connectivity index (χ1) is 10.3. The molecule has 0 saturated heterocycles. The van der Waals surface area contributed by atoms with Gasteiger partial charge in [0.1, 0.15) is 0 Å². The van der Waals surface area contributed by atoms with E-state index in [-0.39, 0.29) is 13.2 Å². The highest BCUT2D eigenvalue weighted by Gasteiger charge is 2.55. The summed E-state index contributed by atoms with van der Waals surface area (Å²) in [5.41, 5.74) is 0. The molecule has 2 amide bonds. The van der Waals surface area contributed by atoms with Gasteiger partial charge in [0.15, 0.2) is 0 Å². The largest absolute Gasteiger partial charge is 0.464 e. The Morgan fingerprint density at radius 1 is 1.41 bits per heavy atom. The van der Waals surface area contributed by atoms with Crippen molar-refractivity contribution in [3.05, 3.63) is 0 Å². The molecule has 22 heavy (non-hydrogen) atoms. The number of urea groups is 1. The average molecular weight is 334 g/mol. The van der Waals surface area contributed by atoms with Crippen LogP contribution in [-0.2, 0) is 19.6 Å². The molecule has 0 saturated carbocycles. The van der Waals surface area contributed by atoms with Crippen LogP contribution in [0, 0.1) is 0 Å². The Morgan fingerprint density at radius 3 is 2.59 bits per heavy atom. The lowest BCUT2D eigenvalue weighted by Gasteiger charge is -2.24. The zero-order valence-corrected chi connectivity index (χ0v) is 13.8. The molecule has 1 unspecified atom stereocenters. The lowest BCUT2D eigenvalue weighted by Crippen LogP contribution is -2.58. The van der Waals surface area contributed by atoms with E-state index in [1.165, 1.54) is 12.1 Å². The molecule has 0 fully saturated rings. The molecule has 0 radical (unpaired) electrons. The number of rotatable bonds is 7. The normalized spacial score (nSPS) is 20.8. The molecule has 1 rings (SSSR count). The van der Waals surface area contributed by atoms with Crippen LogP contribution in [0.3, 0.4) is 0 Å². The second-order valence-electron chi connectivity index (χ2n) is 4.89. The van der Waals surface area contributed by atoms with Crippen molar-refractivity contribution < 1.29 is 22.7 Å². The van der Waals surface area contributed by atoms with Crippen molar-refractivity contribution in [2.24, 2.45) is 5.10 Å². The lowest BCUT2D eigenvalue weighted by molar-refractivity contribution is -0.144. The number of amides is 2. The Labute approximate surface area is 130 Å². The first kappa shape index (κ1) is 18.2. The minimum absolute atomic E-state index is 0.0242. The molecule has 0 aromatic carbocycles. The van der Waals surface area contributed by atoms with E-state index in [2.05, 4.69) is 10.4 Å². The zero-order valence-electron chi connectivity index (χ0n) is 13.0. The molecule has 126 valence electrons. The van der Waals surface area contributed by atoms with Gasteiger partial charge < -0.3 is 10.1 Å². The van der Waals surface area contributed by atoms with Gasteiger partial charge in [-0.2, -0.15) is 5.10 Å². The van der Waals surface area contributed by atoms with Crippen molar-refractivity contribution in [1.29, 1.82) is 0 Å². The summed E-state index contributed by atoms with van der Waals surface area (Å²) < 4.78 is 29.6. The van der Waals surface area contributed by atoms with Crippen LogP contribution in [-0.4, -0.2) is 63.1 Å². The van der Waals surface area contributed by atoms with E-state index in [1.54, 1.807) is 6.92 Å². The maximum absolute atomic E-state index is 12.5. The molecular formula is C12H22N4O5S. The SMILES string of the molecule is CCCCNC(=O)NS(=O)(=O)C1(C(=O)OCC)C=NN(C)C1. The van der Waals surface area contributed by atoms with Gasteiger partial charge in [0.2, 0.25) is 4.75 Å². The number of carbonyl (C=O) groups excluding carboxylic acids is 2. The smallest absolute Gasteiger partial charge is 0.337 e. The number of nitrogens with zero attached hydrogens (tertiary/aromatic N) is 2. The predicted molar refractivity (Wildman–Crippen MR) is 80.8 cm³/mol. The van der Waals surface area contributed by atoms with E-state index in [0.29, 0.717) is 6.54 Å². The van der Waals surface area contributed by atoms with Gasteiger partial charge in [-0.15, -0.1) is 0 Å². The Morgan fingerprint density at radius 2 is 2.09 bits per heavy atom. The summed E-state index contributed by atoms with van der Waals surface area (Å²) in [5, 5.41) is 7.52. The maximum Gasteiger partial charge on any atom is 0.337 e. The van der Waals surface area contributed by atoms with E-state index in [1.807, 2.05) is 11.6 Å². The monoisotopic (exact) mass is 334 g/mol. The van der Waals surface area contributed by atoms with Gasteiger partial charge in [-0.25, -0.2) is 22.7 Å². The molecule has 1 heterocycles. The number of unbranched alkanes of at least 4 members (excludes halogenated alkanes) is 1. The van der Waals surface area contributed by atoms with E-state index >= 15 is 0 Å². The molecule has 0 spiro atoms. The van der Waals surface area contributed by atoms with Crippen molar-refractivity contribution in [3.63, 3.8) is 0 Å². The number of carbonyl (C=O) groups is 2. The third kappa shape index (κ3) is 3.87. The minimum atomic E-state index is -4.34. The highest BCUT2D eigenvalue weighted by molar-refractivity contribution is 7.93. The fourth-order valence-electron chi connectivity index (χ4n) is 1.88. The van der Waals surface area contributed by atoms with Crippen molar-refractivity contribution in [2.45, 2.75) is 31.4 Å². The summed E-state index contributed by atoms with van der Waals surface area (Å²) in [6, 6.07) is -0.875. The summed E-state index contributed by atoms with van der Waals surface area (Å²) in [7, 11) is -2.82. The van der Waals surface area contributed by atoms with Crippen LogP contribution < -0.4 is 10.0 Å². The molecule has 10 heteroatoms. The van der Waals surface area contributed by atoms with Crippen LogP contribution in [0.5, 0.6) is 0 Å². The van der Waals surface area contributed by atoms with Gasteiger partial charge in [-0.05, 0) is 13.3 Å². The molecule has 9 nitrogen and oxygen atoms in total. The number of hydrogen-bond acceptors (Lipinski definition) is 7. The fraction of sp³-hybridized carbons (Fsp3) is 0.750. The number of esters is 1. The van der Waals surface area contributed by atoms with Crippen molar-refractivity contribution >= 4 is 28.2 Å². The summed E-state index contributed by atoms with van der Waals surface area (Å²) >= 11 is 0. The van der Waals surface area contributed by atoms with Gasteiger partial charge in [-0.3, -0.25) is 5.01 Å². The quantitative estimate of drug-likeness (QED) is 0.485. The van der Waals surface area contributed by atoms with Gasteiger partial charge in [-0.1, -0.05) is 13.3 Å². The van der Waals surface area contributed by atoms with Crippen LogP contribution in [0.4, 0.5) is 4.79 Å². The van der Waals surface area contributed by atoms with Gasteiger partial charge in [0.05, 0.1) is 19.4 Å². The Bertz CT molecular complexity index is 548. The lowest BCUT2D eigenvalue weighted by atomic mass is 10.1. The second-order valence-corrected chi connectivity index (χ2v) is 6.82. The highest BCUT2D eigenvalue weighted by Crippen LogP contribution is 2.23. The average Bonchev–Trinajstić information content (AvgIpc) is 2.83. The van der Waals surface area contributed by atoms with Crippen LogP contribution in [0.25, 0.3) is 0 Å². The number of ether oxygens (including phenoxy) is 1. The number of nitrogens with one attached hydrogen (secondary N) is 2. The second kappa shape index (κ2) is 7.43. The molecule has 2 N–H and O–H groups in total. The molecule has 0 aromatic rings. The first-order valence-corrected chi connectivity index (χ1v) is 8.51. The van der Waals surface area contributed by atoms with Crippen LogP contribution in [0.2, 0.25) is 0 Å². The fourth-order valence-corrected chi connectivity index (χ4v) is 3.20. The third-order valence-corrected chi connectivity index (χ3v) is 4.88. The molecule has 1 atom stereocenters. The van der Waals surface area contributed by atoms with Crippen LogP contribution >= 0.6 is 0 Å². The molecule has 0 aromatic heterocycles. The first-order valence-electron chi connectivity index (χ1n) is 7.02. The summed E-state index contributed by atoms with van der Waals surface area (Å²) in [4.78, 5) is 23.8. The number of hydrazone groups is 1. The van der Waals surface area contributed by atoms with Crippen LogP contribution in [0.15, 0.2) is 5.10 Å². The van der Waals surface area contributed by atoms with E-state index in [9.17, 15) is 18.0 Å². The van der Waals surface area contributed by atoms with Crippen molar-refractivity contribution in [1.82, 2.24) is 15.0 Å². The minimum Gasteiger partial charge on any atom is -0.464 e. The number of sulfonamides is 1. The molecule has 1 aliphatic rings. The summed E-state index contributed by atoms with van der Waals surface area (Å²) in [5.74, 6) is -0.961. The van der Waals surface area contributed by atoms with Crippen molar-refractivity contribution in [2.75, 3.05) is 26.7 Å². The van der Waals surface area contributed by atoms with E-state index in [0.717, 1.165) is 19.1 Å². The molecule has 0 bridgehead atoms. The Balaban J connectivity index is 2.92. The topological polar surface area (TPSA) is 117 Å². The van der Waals surface area contributed by atoms with Gasteiger partial charge in [0.25, 0.3) is 10.0 Å². The Hall–Kier alpha value is -1.84. The highest BCUT2D eigenvalue weighted by atomic mass is 32.2. The maximum atomic E-state index is 12.5. The van der Waals surface area contributed by atoms with Crippen LogP contribution in [0.1, 0.15) is 26.7 Å². The third-order valence-electron chi connectivity index (χ3n) is 3.07.